The second-order valence-corrected chi connectivity index (χ2v) is 20.1. The molecule has 5 heterocycles. The lowest BCUT2D eigenvalue weighted by molar-refractivity contribution is 0.304. The van der Waals surface area contributed by atoms with Gasteiger partial charge in [0.1, 0.15) is 23.0 Å². The van der Waals surface area contributed by atoms with Gasteiger partial charge in [-0.1, -0.05) is 165 Å². The summed E-state index contributed by atoms with van der Waals surface area (Å²) in [5.41, 5.74) is 11.6. The van der Waals surface area contributed by atoms with Crippen LogP contribution >= 0.6 is 0 Å². The molecule has 0 spiro atoms. The Hall–Kier alpha value is -7.32. The van der Waals surface area contributed by atoms with Crippen LogP contribution in [0.2, 0.25) is 0 Å². The van der Waals surface area contributed by atoms with Crippen LogP contribution in [0.1, 0.15) is 174 Å². The molecule has 0 aliphatic carbocycles. The van der Waals surface area contributed by atoms with E-state index in [2.05, 4.69) is 131 Å². The van der Waals surface area contributed by atoms with Gasteiger partial charge in [0.25, 0.3) is 0 Å². The van der Waals surface area contributed by atoms with Crippen molar-refractivity contribution in [2.45, 2.75) is 129 Å². The lowest BCUT2D eigenvalue weighted by atomic mass is 10.0. The number of ether oxygens (including phenoxy) is 2. The van der Waals surface area contributed by atoms with Crippen LogP contribution < -0.4 is 30.9 Å². The molecular weight excluding hydrogens is 913 g/mol. The number of aromatic amines is 4. The van der Waals surface area contributed by atoms with Gasteiger partial charge in [0.05, 0.1) is 13.2 Å². The third-order valence-corrected chi connectivity index (χ3v) is 14.5. The lowest BCUT2D eigenvalue weighted by Crippen LogP contribution is -2.19. The average molecular weight is 989 g/mol. The van der Waals surface area contributed by atoms with Crippen molar-refractivity contribution in [2.75, 3.05) is 13.2 Å². The van der Waals surface area contributed by atoms with Gasteiger partial charge in [-0.2, -0.15) is 0 Å². The molecule has 0 amide bonds. The maximum Gasteiger partial charge on any atom is 0.119 e. The molecule has 0 fully saturated rings. The van der Waals surface area contributed by atoms with Crippen LogP contribution in [0, 0.1) is 0 Å². The van der Waals surface area contributed by atoms with Crippen LogP contribution in [0.25, 0.3) is 22.3 Å². The first-order valence-corrected chi connectivity index (χ1v) is 27.8. The van der Waals surface area contributed by atoms with E-state index in [1.54, 1.807) is 24.3 Å². The van der Waals surface area contributed by atoms with Crippen molar-refractivity contribution in [1.82, 2.24) is 19.9 Å². The third kappa shape index (κ3) is 13.3. The van der Waals surface area contributed by atoms with E-state index in [1.165, 1.54) is 103 Å². The second-order valence-electron chi connectivity index (χ2n) is 20.1. The van der Waals surface area contributed by atoms with Crippen molar-refractivity contribution in [3.05, 3.63) is 212 Å². The molecule has 8 heteroatoms. The fraction of sp³-hybridized carbons (Fsp3) is 0.333. The first-order valence-electron chi connectivity index (χ1n) is 27.8. The molecule has 8 nitrogen and oxygen atoms in total. The van der Waals surface area contributed by atoms with Crippen molar-refractivity contribution in [1.29, 1.82) is 0 Å². The van der Waals surface area contributed by atoms with E-state index in [9.17, 15) is 10.2 Å². The summed E-state index contributed by atoms with van der Waals surface area (Å²) in [6.07, 6.45) is 23.0. The zero-order valence-electron chi connectivity index (χ0n) is 43.7. The van der Waals surface area contributed by atoms with Crippen LogP contribution in [-0.4, -0.2) is 43.4 Å². The Labute approximate surface area is 437 Å². The van der Waals surface area contributed by atoms with E-state index in [-0.39, 0.29) is 11.5 Å². The molecule has 9 rings (SSSR count). The van der Waals surface area contributed by atoms with Crippen LogP contribution in [-0.2, 0) is 0 Å². The normalized spacial score (nSPS) is 12.5. The number of H-pyrrole nitrogens is 4. The van der Waals surface area contributed by atoms with Gasteiger partial charge in [0.15, 0.2) is 0 Å². The molecule has 0 unspecified atom stereocenters. The predicted molar refractivity (Wildman–Crippen MR) is 303 cm³/mol. The Kier molecular flexibility index (Phi) is 18.2. The molecule has 8 aromatic rings. The predicted octanol–water partition coefficient (Wildman–Crippen LogP) is 13.5. The molecule has 4 aromatic heterocycles. The van der Waals surface area contributed by atoms with Gasteiger partial charge >= 0.3 is 0 Å². The van der Waals surface area contributed by atoms with Crippen LogP contribution in [0.4, 0.5) is 0 Å². The first kappa shape index (κ1) is 51.6. The van der Waals surface area contributed by atoms with E-state index in [0.717, 1.165) is 113 Å². The fourth-order valence-corrected chi connectivity index (χ4v) is 10.5. The molecule has 74 heavy (non-hydrogen) atoms. The maximum atomic E-state index is 10.4. The van der Waals surface area contributed by atoms with Gasteiger partial charge in [-0.05, 0) is 132 Å². The average Bonchev–Trinajstić information content (AvgIpc) is 4.29. The van der Waals surface area contributed by atoms with E-state index < -0.39 is 0 Å². The quantitative estimate of drug-likeness (QED) is 0.0303. The van der Waals surface area contributed by atoms with Crippen molar-refractivity contribution in [3.63, 3.8) is 0 Å². The van der Waals surface area contributed by atoms with Gasteiger partial charge in [-0.25, -0.2) is 0 Å². The Morgan fingerprint density at radius 2 is 0.541 bits per heavy atom. The minimum atomic E-state index is 0.211. The molecule has 8 bridgehead atoms. The maximum absolute atomic E-state index is 10.4. The molecule has 0 radical (unpaired) electrons. The highest BCUT2D eigenvalue weighted by Crippen LogP contribution is 2.30. The number of rotatable bonds is 26. The van der Waals surface area contributed by atoms with Crippen LogP contribution in [0.5, 0.6) is 23.0 Å². The number of phenolic OH excluding ortho intramolecular Hbond substituents is 2. The Morgan fingerprint density at radius 1 is 0.284 bits per heavy atom. The second kappa shape index (κ2) is 26.1. The summed E-state index contributed by atoms with van der Waals surface area (Å²) in [5, 5.41) is 24.6. The minimum Gasteiger partial charge on any atom is -0.508 e. The highest BCUT2D eigenvalue weighted by molar-refractivity contribution is 5.85. The van der Waals surface area contributed by atoms with Crippen molar-refractivity contribution < 1.29 is 19.7 Å². The number of nitrogens with one attached hydrogen (secondary N) is 4. The van der Waals surface area contributed by atoms with Gasteiger partial charge in [-0.3, -0.25) is 0 Å². The van der Waals surface area contributed by atoms with Gasteiger partial charge in [0.2, 0.25) is 0 Å². The number of phenols is 2. The van der Waals surface area contributed by atoms with Gasteiger partial charge in [-0.15, -0.1) is 0 Å². The number of hydrogen-bond acceptors (Lipinski definition) is 4. The Bertz CT molecular complexity index is 3040. The SMILES string of the molecule is CCCCCCCCCCCOc1ccc(C2=c3ccc([nH]3)=C(c3ccc(O)cc3)c3ccc([nH]3)C(c3ccc(OCCCCCCCCCCC)cc3)=c3ccc([nH]3)=C(c3ccc(O)cc3)c3ccc2[nH]3)cc1. The van der Waals surface area contributed by atoms with Crippen molar-refractivity contribution in [2.24, 2.45) is 0 Å². The fourth-order valence-electron chi connectivity index (χ4n) is 10.5. The highest BCUT2D eigenvalue weighted by atomic mass is 16.5. The molecular formula is C66H76N4O4. The number of aromatic nitrogens is 4. The number of fused-ring (bicyclic) bond motifs is 8. The van der Waals surface area contributed by atoms with Crippen molar-refractivity contribution >= 4 is 22.3 Å². The molecule has 0 saturated carbocycles. The summed E-state index contributed by atoms with van der Waals surface area (Å²) in [5.74, 6) is 2.15. The monoisotopic (exact) mass is 989 g/mol. The van der Waals surface area contributed by atoms with Crippen LogP contribution in [0.3, 0.4) is 0 Å². The minimum absolute atomic E-state index is 0.211. The Morgan fingerprint density at radius 3 is 0.824 bits per heavy atom. The van der Waals surface area contributed by atoms with E-state index >= 15 is 0 Å². The number of aromatic hydroxyl groups is 2. The third-order valence-electron chi connectivity index (χ3n) is 14.5. The van der Waals surface area contributed by atoms with E-state index in [4.69, 9.17) is 9.47 Å². The summed E-state index contributed by atoms with van der Waals surface area (Å²) in [4.78, 5) is 15.4. The molecule has 4 aromatic carbocycles. The molecule has 384 valence electrons. The number of hydrogen-bond donors (Lipinski definition) is 6. The number of benzene rings is 4. The number of unbranched alkanes of at least 4 members (excludes halogenated alkanes) is 16. The van der Waals surface area contributed by atoms with Crippen LogP contribution in [0.15, 0.2) is 146 Å². The molecule has 1 aliphatic heterocycles. The topological polar surface area (TPSA) is 122 Å². The zero-order chi connectivity index (χ0) is 50.9. The summed E-state index contributed by atoms with van der Waals surface area (Å²) in [7, 11) is 0. The molecule has 6 N–H and O–H groups in total. The Balaban J connectivity index is 1.09. The smallest absolute Gasteiger partial charge is 0.119 e. The van der Waals surface area contributed by atoms with E-state index in [0.29, 0.717) is 13.2 Å². The van der Waals surface area contributed by atoms with E-state index in [1.807, 2.05) is 24.3 Å². The molecule has 0 saturated heterocycles. The zero-order valence-corrected chi connectivity index (χ0v) is 43.7. The summed E-state index contributed by atoms with van der Waals surface area (Å²) in [6, 6.07) is 49.0. The van der Waals surface area contributed by atoms with Gasteiger partial charge in [0, 0.05) is 66.5 Å². The van der Waals surface area contributed by atoms with Crippen molar-refractivity contribution in [3.8, 4) is 23.0 Å². The van der Waals surface area contributed by atoms with Gasteiger partial charge < -0.3 is 39.6 Å². The summed E-state index contributed by atoms with van der Waals surface area (Å²) < 4.78 is 12.6. The largest absolute Gasteiger partial charge is 0.508 e. The summed E-state index contributed by atoms with van der Waals surface area (Å²) in [6.45, 7) is 5.95. The standard InChI is InChI=1S/C66H76N4O4/c1-3-5-7-9-11-13-15-17-19-45-73-53-33-25-49(26-34-53)65-59-41-37-55(67-59)63(47-21-29-51(71)30-22-47)57-39-43-61(69-57)66(50-27-35-54(36-28-50)74-46-20-18-16-14-12-10-8-6-4-2)62-44-40-58(70-62)64(56-38-42-60(65)68-56)48-23-31-52(72)32-24-48/h21-44,67-72H,3-20,45-46H2,1-2H3. The highest BCUT2D eigenvalue weighted by Gasteiger charge is 2.19. The first-order chi connectivity index (χ1) is 36.4. The molecule has 1 aliphatic rings. The summed E-state index contributed by atoms with van der Waals surface area (Å²) >= 11 is 0. The molecule has 0 atom stereocenters. The lowest BCUT2D eigenvalue weighted by Gasteiger charge is -2.11.